The molecule has 7 heteroatoms. The highest BCUT2D eigenvalue weighted by Gasteiger charge is 2.19. The van der Waals surface area contributed by atoms with Crippen LogP contribution in [0, 0.1) is 0 Å². The maximum absolute atomic E-state index is 12.7. The van der Waals surface area contributed by atoms with Gasteiger partial charge in [-0.1, -0.05) is 41.9 Å². The number of nitrogens with one attached hydrogen (secondary N) is 1. The van der Waals surface area contributed by atoms with Crippen molar-refractivity contribution in [3.05, 3.63) is 63.9 Å². The summed E-state index contributed by atoms with van der Waals surface area (Å²) in [7, 11) is 1.66. The van der Waals surface area contributed by atoms with Crippen LogP contribution < -0.4 is 5.56 Å². The second-order valence-corrected chi connectivity index (χ2v) is 5.80. The van der Waals surface area contributed by atoms with Gasteiger partial charge >= 0.3 is 0 Å². The Balaban J connectivity index is 2.18. The van der Waals surface area contributed by atoms with E-state index in [0.717, 1.165) is 16.5 Å². The second kappa shape index (κ2) is 5.58. The number of hydrogen-bond acceptors (Lipinski definition) is 4. The highest BCUT2D eigenvalue weighted by molar-refractivity contribution is 6.31. The number of nitrogens with zero attached hydrogens (tertiary/aromatic N) is 4. The predicted octanol–water partition coefficient (Wildman–Crippen LogP) is 3.04. The lowest BCUT2D eigenvalue weighted by atomic mass is 9.96. The van der Waals surface area contributed by atoms with Crippen molar-refractivity contribution in [1.82, 2.24) is 25.2 Å². The van der Waals surface area contributed by atoms with Crippen molar-refractivity contribution in [2.75, 3.05) is 0 Å². The van der Waals surface area contributed by atoms with Crippen LogP contribution in [0.4, 0.5) is 0 Å². The molecule has 6 nitrogen and oxygen atoms in total. The summed E-state index contributed by atoms with van der Waals surface area (Å²) in [5, 5.41) is 13.5. The normalized spacial score (nSPS) is 11.1. The minimum absolute atomic E-state index is 0.267. The molecule has 0 unspecified atom stereocenters. The van der Waals surface area contributed by atoms with E-state index in [2.05, 4.69) is 20.4 Å². The maximum Gasteiger partial charge on any atom is 0.260 e. The maximum atomic E-state index is 12.7. The Kier molecular flexibility index (Phi) is 3.39. The van der Waals surface area contributed by atoms with Crippen molar-refractivity contribution in [1.29, 1.82) is 0 Å². The lowest BCUT2D eigenvalue weighted by Crippen LogP contribution is -2.12. The summed E-state index contributed by atoms with van der Waals surface area (Å²) >= 11 is 6.18. The Labute approximate surface area is 141 Å². The number of rotatable bonds is 2. The molecule has 4 rings (SSSR count). The van der Waals surface area contributed by atoms with Crippen molar-refractivity contribution in [2.45, 2.75) is 0 Å². The molecule has 0 fully saturated rings. The Morgan fingerprint density at radius 1 is 1.08 bits per heavy atom. The zero-order valence-corrected chi connectivity index (χ0v) is 13.4. The van der Waals surface area contributed by atoms with Gasteiger partial charge in [-0.2, -0.15) is 4.80 Å². The van der Waals surface area contributed by atoms with Gasteiger partial charge in [-0.05, 0) is 29.0 Å². The monoisotopic (exact) mass is 337 g/mol. The number of pyridine rings is 1. The first-order chi connectivity index (χ1) is 11.6. The van der Waals surface area contributed by atoms with Crippen LogP contribution in [0.3, 0.4) is 0 Å². The van der Waals surface area contributed by atoms with Crippen molar-refractivity contribution in [2.24, 2.45) is 7.05 Å². The van der Waals surface area contributed by atoms with Gasteiger partial charge in [0, 0.05) is 21.5 Å². The van der Waals surface area contributed by atoms with E-state index in [4.69, 9.17) is 11.6 Å². The Hall–Kier alpha value is -2.99. The van der Waals surface area contributed by atoms with Crippen LogP contribution in [0.25, 0.3) is 33.4 Å². The van der Waals surface area contributed by atoms with Crippen LogP contribution in [0.2, 0.25) is 5.02 Å². The van der Waals surface area contributed by atoms with Crippen LogP contribution >= 0.6 is 11.6 Å². The van der Waals surface area contributed by atoms with Crippen LogP contribution in [0.1, 0.15) is 0 Å². The summed E-state index contributed by atoms with van der Waals surface area (Å²) in [5.41, 5.74) is 2.44. The van der Waals surface area contributed by atoms with Gasteiger partial charge in [0.15, 0.2) is 0 Å². The van der Waals surface area contributed by atoms with Crippen LogP contribution in [-0.2, 0) is 7.05 Å². The molecule has 0 saturated heterocycles. The predicted molar refractivity (Wildman–Crippen MR) is 92.8 cm³/mol. The lowest BCUT2D eigenvalue weighted by Gasteiger charge is -2.11. The Morgan fingerprint density at radius 2 is 1.88 bits per heavy atom. The number of aryl methyl sites for hydroxylation is 1. The average Bonchev–Trinajstić information content (AvgIpc) is 3.01. The topological polar surface area (TPSA) is 76.5 Å². The minimum atomic E-state index is -0.267. The molecule has 4 aromatic rings. The fourth-order valence-corrected chi connectivity index (χ4v) is 2.94. The molecule has 118 valence electrons. The zero-order valence-electron chi connectivity index (χ0n) is 12.7. The summed E-state index contributed by atoms with van der Waals surface area (Å²) in [5.74, 6) is 0.277. The molecule has 0 aliphatic rings. The van der Waals surface area contributed by atoms with Gasteiger partial charge in [-0.3, -0.25) is 4.79 Å². The number of aromatic nitrogens is 5. The van der Waals surface area contributed by atoms with Crippen molar-refractivity contribution in [3.8, 4) is 22.5 Å². The quantitative estimate of drug-likeness (QED) is 0.610. The Bertz CT molecular complexity index is 1100. The molecule has 24 heavy (non-hydrogen) atoms. The molecule has 0 aliphatic heterocycles. The summed E-state index contributed by atoms with van der Waals surface area (Å²) in [4.78, 5) is 16.9. The third kappa shape index (κ3) is 2.37. The van der Waals surface area contributed by atoms with Crippen molar-refractivity contribution >= 4 is 22.5 Å². The van der Waals surface area contributed by atoms with E-state index >= 15 is 0 Å². The third-order valence-electron chi connectivity index (χ3n) is 3.77. The molecular formula is C17H12ClN5O. The highest BCUT2D eigenvalue weighted by Crippen LogP contribution is 2.34. The lowest BCUT2D eigenvalue weighted by molar-refractivity contribution is 0.630. The van der Waals surface area contributed by atoms with Gasteiger partial charge in [-0.15, -0.1) is 10.2 Å². The van der Waals surface area contributed by atoms with E-state index in [-0.39, 0.29) is 11.4 Å². The van der Waals surface area contributed by atoms with Gasteiger partial charge < -0.3 is 4.98 Å². The SMILES string of the molecule is Cn1nnc(-c2c(-c3ccccc3)c3cc(Cl)ccc3[nH]c2=O)n1. The molecule has 0 radical (unpaired) electrons. The number of halogens is 1. The van der Waals surface area contributed by atoms with Gasteiger partial charge in [0.25, 0.3) is 5.56 Å². The summed E-state index contributed by atoms with van der Waals surface area (Å²) in [6.45, 7) is 0. The van der Waals surface area contributed by atoms with Crippen molar-refractivity contribution in [3.63, 3.8) is 0 Å². The van der Waals surface area contributed by atoms with Gasteiger partial charge in [0.2, 0.25) is 5.82 Å². The number of hydrogen-bond donors (Lipinski definition) is 1. The molecule has 0 atom stereocenters. The first-order valence-corrected chi connectivity index (χ1v) is 7.66. The Morgan fingerprint density at radius 3 is 2.58 bits per heavy atom. The van der Waals surface area contributed by atoms with Crippen LogP contribution in [0.5, 0.6) is 0 Å². The van der Waals surface area contributed by atoms with Crippen LogP contribution in [-0.4, -0.2) is 25.2 Å². The van der Waals surface area contributed by atoms with E-state index in [0.29, 0.717) is 16.1 Å². The second-order valence-electron chi connectivity index (χ2n) is 5.36. The van der Waals surface area contributed by atoms with E-state index in [9.17, 15) is 4.79 Å². The molecule has 0 aliphatic carbocycles. The molecule has 0 bridgehead atoms. The van der Waals surface area contributed by atoms with Crippen molar-refractivity contribution < 1.29 is 0 Å². The first kappa shape index (κ1) is 14.6. The van der Waals surface area contributed by atoms with Crippen LogP contribution in [0.15, 0.2) is 53.3 Å². The van der Waals surface area contributed by atoms with E-state index in [1.807, 2.05) is 36.4 Å². The molecule has 2 aromatic carbocycles. The summed E-state index contributed by atoms with van der Waals surface area (Å²) in [6, 6.07) is 15.0. The molecule has 0 saturated carbocycles. The average molecular weight is 338 g/mol. The number of benzene rings is 2. The largest absolute Gasteiger partial charge is 0.321 e. The van der Waals surface area contributed by atoms with Gasteiger partial charge in [-0.25, -0.2) is 0 Å². The summed E-state index contributed by atoms with van der Waals surface area (Å²) in [6.07, 6.45) is 0. The smallest absolute Gasteiger partial charge is 0.260 e. The number of fused-ring (bicyclic) bond motifs is 1. The van der Waals surface area contributed by atoms with E-state index in [1.54, 1.807) is 19.2 Å². The fourth-order valence-electron chi connectivity index (χ4n) is 2.77. The third-order valence-corrected chi connectivity index (χ3v) is 4.01. The molecular weight excluding hydrogens is 326 g/mol. The number of H-pyrrole nitrogens is 1. The van der Waals surface area contributed by atoms with Gasteiger partial charge in [0.05, 0.1) is 12.6 Å². The molecule has 2 aromatic heterocycles. The van der Waals surface area contributed by atoms with E-state index in [1.165, 1.54) is 4.80 Å². The number of tetrazole rings is 1. The highest BCUT2D eigenvalue weighted by atomic mass is 35.5. The van der Waals surface area contributed by atoms with Gasteiger partial charge in [0.1, 0.15) is 0 Å². The summed E-state index contributed by atoms with van der Waals surface area (Å²) < 4.78 is 0. The van der Waals surface area contributed by atoms with E-state index < -0.39 is 0 Å². The molecule has 1 N–H and O–H groups in total. The minimum Gasteiger partial charge on any atom is -0.321 e. The zero-order chi connectivity index (χ0) is 16.7. The number of aromatic amines is 1. The molecule has 0 amide bonds. The first-order valence-electron chi connectivity index (χ1n) is 7.29. The fraction of sp³-hybridized carbons (Fsp3) is 0.0588. The standard InChI is InChI=1S/C17H12ClN5O/c1-23-21-16(20-22-23)15-14(10-5-3-2-4-6-10)12-9-11(18)7-8-13(12)19-17(15)24/h2-9H,1H3,(H,19,24). The molecule has 0 spiro atoms. The molecule has 2 heterocycles.